The third-order valence-electron chi connectivity index (χ3n) is 3.31. The monoisotopic (exact) mass is 291 g/mol. The first-order valence-electron chi connectivity index (χ1n) is 6.92. The van der Waals surface area contributed by atoms with E-state index in [2.05, 4.69) is 47.0 Å². The highest BCUT2D eigenvalue weighted by molar-refractivity contribution is 7.80. The van der Waals surface area contributed by atoms with Gasteiger partial charge in [0.15, 0.2) is 5.11 Å². The number of thiocarbonyl (C=S) groups is 1. The summed E-state index contributed by atoms with van der Waals surface area (Å²) in [6.45, 7) is 5.63. The van der Waals surface area contributed by atoms with Crippen LogP contribution in [-0.2, 0) is 4.74 Å². The van der Waals surface area contributed by atoms with E-state index in [1.807, 2.05) is 6.92 Å². The van der Waals surface area contributed by atoms with Crippen molar-refractivity contribution in [1.82, 2.24) is 10.7 Å². The molecule has 1 aliphatic heterocycles. The second-order valence-electron chi connectivity index (χ2n) is 5.02. The van der Waals surface area contributed by atoms with E-state index < -0.39 is 0 Å². The molecular weight excluding hydrogens is 270 g/mol. The summed E-state index contributed by atoms with van der Waals surface area (Å²) >= 11 is 5.19. The lowest BCUT2D eigenvalue weighted by atomic mass is 10.1. The van der Waals surface area contributed by atoms with E-state index in [1.54, 1.807) is 0 Å². The predicted molar refractivity (Wildman–Crippen MR) is 86.1 cm³/mol. The third-order valence-corrected chi connectivity index (χ3v) is 3.54. The summed E-state index contributed by atoms with van der Waals surface area (Å²) in [6, 6.07) is 8.25. The van der Waals surface area contributed by atoms with Gasteiger partial charge in [-0.25, -0.2) is 0 Å². The van der Waals surface area contributed by atoms with Crippen molar-refractivity contribution < 1.29 is 4.74 Å². The predicted octanol–water partition coefficient (Wildman–Crippen LogP) is 2.36. The molecule has 0 unspecified atom stereocenters. The molecule has 1 heterocycles. The molecule has 4 nitrogen and oxygen atoms in total. The minimum atomic E-state index is 0.275. The summed E-state index contributed by atoms with van der Waals surface area (Å²) in [5.41, 5.74) is 6.11. The molecule has 5 heteroatoms. The number of hydrazone groups is 1. The average molecular weight is 291 g/mol. The lowest BCUT2D eigenvalue weighted by Crippen LogP contribution is -2.37. The molecule has 0 bridgehead atoms. The van der Waals surface area contributed by atoms with E-state index in [0.717, 1.165) is 37.3 Å². The number of rotatable bonds is 4. The van der Waals surface area contributed by atoms with Crippen LogP contribution < -0.4 is 10.7 Å². The van der Waals surface area contributed by atoms with Crippen molar-refractivity contribution in [1.29, 1.82) is 0 Å². The molecule has 1 aromatic rings. The van der Waals surface area contributed by atoms with Crippen LogP contribution in [0.5, 0.6) is 0 Å². The van der Waals surface area contributed by atoms with Crippen molar-refractivity contribution in [3.8, 4) is 0 Å². The summed E-state index contributed by atoms with van der Waals surface area (Å²) < 4.78 is 5.52. The highest BCUT2D eigenvalue weighted by Crippen LogP contribution is 2.10. The van der Waals surface area contributed by atoms with Gasteiger partial charge in [0.2, 0.25) is 0 Å². The molecule has 108 valence electrons. The zero-order valence-corrected chi connectivity index (χ0v) is 12.8. The second-order valence-corrected chi connectivity index (χ2v) is 5.43. The Morgan fingerprint density at radius 2 is 2.15 bits per heavy atom. The van der Waals surface area contributed by atoms with Gasteiger partial charge in [0.05, 0.1) is 11.8 Å². The Labute approximate surface area is 125 Å². The van der Waals surface area contributed by atoms with E-state index in [-0.39, 0.29) is 6.10 Å². The van der Waals surface area contributed by atoms with Crippen molar-refractivity contribution in [2.75, 3.05) is 13.2 Å². The van der Waals surface area contributed by atoms with Crippen LogP contribution in [0.2, 0.25) is 0 Å². The number of nitrogens with zero attached hydrogens (tertiary/aromatic N) is 1. The Kier molecular flexibility index (Phi) is 5.49. The van der Waals surface area contributed by atoms with E-state index in [4.69, 9.17) is 17.0 Å². The maximum absolute atomic E-state index is 5.52. The van der Waals surface area contributed by atoms with Crippen molar-refractivity contribution in [2.45, 2.75) is 32.8 Å². The summed E-state index contributed by atoms with van der Waals surface area (Å²) in [5, 5.41) is 7.95. The molecule has 1 fully saturated rings. The number of benzene rings is 1. The molecule has 1 aliphatic rings. The van der Waals surface area contributed by atoms with Crippen molar-refractivity contribution in [3.05, 3.63) is 35.4 Å². The molecule has 1 atom stereocenters. The Hall–Kier alpha value is -1.46. The molecule has 0 amide bonds. The highest BCUT2D eigenvalue weighted by Gasteiger charge is 2.15. The number of nitrogens with one attached hydrogen (secondary N) is 2. The minimum absolute atomic E-state index is 0.275. The van der Waals surface area contributed by atoms with Crippen LogP contribution in [0.25, 0.3) is 0 Å². The lowest BCUT2D eigenvalue weighted by Gasteiger charge is -2.12. The lowest BCUT2D eigenvalue weighted by molar-refractivity contribution is 0.114. The van der Waals surface area contributed by atoms with Gasteiger partial charge in [0, 0.05) is 13.2 Å². The molecule has 2 N–H and O–H groups in total. The summed E-state index contributed by atoms with van der Waals surface area (Å²) in [6.07, 6.45) is 2.51. The van der Waals surface area contributed by atoms with Gasteiger partial charge in [-0.2, -0.15) is 5.10 Å². The third kappa shape index (κ3) is 4.58. The number of hydrogen-bond donors (Lipinski definition) is 2. The number of hydrogen-bond acceptors (Lipinski definition) is 3. The fraction of sp³-hybridized carbons (Fsp3) is 0.467. The largest absolute Gasteiger partial charge is 0.376 e. The average Bonchev–Trinajstić information content (AvgIpc) is 2.96. The van der Waals surface area contributed by atoms with Gasteiger partial charge in [-0.15, -0.1) is 0 Å². The number of ether oxygens (including phenoxy) is 1. The first-order chi connectivity index (χ1) is 9.65. The summed E-state index contributed by atoms with van der Waals surface area (Å²) in [7, 11) is 0. The topological polar surface area (TPSA) is 45.7 Å². The van der Waals surface area contributed by atoms with Crippen LogP contribution in [0.3, 0.4) is 0 Å². The molecule has 0 spiro atoms. The van der Waals surface area contributed by atoms with E-state index in [0.29, 0.717) is 5.11 Å². The maximum atomic E-state index is 5.52. The van der Waals surface area contributed by atoms with Gasteiger partial charge in [0.25, 0.3) is 0 Å². The highest BCUT2D eigenvalue weighted by atomic mass is 32.1. The molecule has 20 heavy (non-hydrogen) atoms. The molecule has 2 rings (SSSR count). The zero-order valence-electron chi connectivity index (χ0n) is 12.0. The molecule has 1 saturated heterocycles. The first kappa shape index (κ1) is 14.9. The van der Waals surface area contributed by atoms with Crippen LogP contribution >= 0.6 is 12.2 Å². The number of aryl methyl sites for hydroxylation is 1. The minimum Gasteiger partial charge on any atom is -0.376 e. The van der Waals surface area contributed by atoms with Gasteiger partial charge in [-0.05, 0) is 44.5 Å². The van der Waals surface area contributed by atoms with Crippen LogP contribution in [0.1, 0.15) is 30.9 Å². The molecule has 0 aliphatic carbocycles. The quantitative estimate of drug-likeness (QED) is 0.508. The van der Waals surface area contributed by atoms with Gasteiger partial charge in [0.1, 0.15) is 0 Å². The van der Waals surface area contributed by atoms with Crippen LogP contribution in [0.15, 0.2) is 29.4 Å². The first-order valence-corrected chi connectivity index (χ1v) is 7.33. The SMILES string of the molecule is C/C(=N/NC(=S)NC[C@H]1CCCO1)c1ccc(C)cc1. The molecule has 0 aromatic heterocycles. The Bertz CT molecular complexity index is 478. The molecule has 1 aromatic carbocycles. The van der Waals surface area contributed by atoms with Crippen LogP contribution in [0.4, 0.5) is 0 Å². The molecule has 0 radical (unpaired) electrons. The summed E-state index contributed by atoms with van der Waals surface area (Å²) in [4.78, 5) is 0. The fourth-order valence-corrected chi connectivity index (χ4v) is 2.17. The van der Waals surface area contributed by atoms with Crippen molar-refractivity contribution in [3.63, 3.8) is 0 Å². The van der Waals surface area contributed by atoms with Gasteiger partial charge in [-0.3, -0.25) is 5.43 Å². The summed E-state index contributed by atoms with van der Waals surface area (Å²) in [5.74, 6) is 0. The Balaban J connectivity index is 1.78. The molecular formula is C15H21N3OS. The van der Waals surface area contributed by atoms with Gasteiger partial charge >= 0.3 is 0 Å². The van der Waals surface area contributed by atoms with E-state index >= 15 is 0 Å². The normalized spacial score (nSPS) is 18.9. The zero-order chi connectivity index (χ0) is 14.4. The van der Waals surface area contributed by atoms with E-state index in [9.17, 15) is 0 Å². The second kappa shape index (κ2) is 7.36. The van der Waals surface area contributed by atoms with Crippen molar-refractivity contribution >= 4 is 23.0 Å². The maximum Gasteiger partial charge on any atom is 0.187 e. The van der Waals surface area contributed by atoms with Gasteiger partial charge in [-0.1, -0.05) is 29.8 Å². The standard InChI is InChI=1S/C15H21N3OS/c1-11-5-7-13(8-6-11)12(2)17-18-15(20)16-10-14-4-3-9-19-14/h5-8,14H,3-4,9-10H2,1-2H3,(H2,16,18,20)/b17-12-/t14-/m1/s1. The smallest absolute Gasteiger partial charge is 0.187 e. The van der Waals surface area contributed by atoms with Crippen LogP contribution in [-0.4, -0.2) is 30.1 Å². The van der Waals surface area contributed by atoms with Crippen molar-refractivity contribution in [2.24, 2.45) is 5.10 Å². The Morgan fingerprint density at radius 1 is 1.40 bits per heavy atom. The van der Waals surface area contributed by atoms with Crippen LogP contribution in [0, 0.1) is 6.92 Å². The Morgan fingerprint density at radius 3 is 2.80 bits per heavy atom. The molecule has 0 saturated carbocycles. The fourth-order valence-electron chi connectivity index (χ4n) is 2.05. The van der Waals surface area contributed by atoms with Gasteiger partial charge < -0.3 is 10.1 Å². The van der Waals surface area contributed by atoms with E-state index in [1.165, 1.54) is 5.56 Å².